The zero-order chi connectivity index (χ0) is 15.0. The number of amides is 1. The number of carbonyl (C=O) groups excluding carboxylic acids is 1. The van der Waals surface area contributed by atoms with Crippen LogP contribution in [0.15, 0.2) is 41.3 Å². The Kier molecular flexibility index (Phi) is 3.30. The monoisotopic (exact) mass is 350 g/mol. The SMILES string of the molecule is NC(=O)Oc1ccc(F)c(-c2cn3cc(Br)cnc3n2)c1. The maximum absolute atomic E-state index is 13.9. The minimum Gasteiger partial charge on any atom is -0.410 e. The second-order valence-corrected chi connectivity index (χ2v) is 5.08. The van der Waals surface area contributed by atoms with Gasteiger partial charge in [0.2, 0.25) is 5.78 Å². The van der Waals surface area contributed by atoms with Gasteiger partial charge >= 0.3 is 6.09 Å². The molecule has 2 heterocycles. The Labute approximate surface area is 126 Å². The van der Waals surface area contributed by atoms with E-state index in [0.29, 0.717) is 11.5 Å². The summed E-state index contributed by atoms with van der Waals surface area (Å²) in [5, 5.41) is 0. The van der Waals surface area contributed by atoms with E-state index in [1.807, 2.05) is 0 Å². The van der Waals surface area contributed by atoms with Crippen molar-refractivity contribution in [2.45, 2.75) is 0 Å². The van der Waals surface area contributed by atoms with E-state index in [9.17, 15) is 9.18 Å². The van der Waals surface area contributed by atoms with Crippen LogP contribution in [0.1, 0.15) is 0 Å². The predicted molar refractivity (Wildman–Crippen MR) is 76.3 cm³/mol. The number of halogens is 2. The average molecular weight is 351 g/mol. The molecule has 3 aromatic rings. The lowest BCUT2D eigenvalue weighted by Crippen LogP contribution is -2.16. The largest absolute Gasteiger partial charge is 0.410 e. The van der Waals surface area contributed by atoms with Crippen LogP contribution in [0.4, 0.5) is 9.18 Å². The second-order valence-electron chi connectivity index (χ2n) is 4.17. The molecule has 0 fully saturated rings. The van der Waals surface area contributed by atoms with Crippen molar-refractivity contribution in [2.75, 3.05) is 0 Å². The Hall–Kier alpha value is -2.48. The van der Waals surface area contributed by atoms with Crippen LogP contribution in [0.3, 0.4) is 0 Å². The van der Waals surface area contributed by atoms with Gasteiger partial charge in [0.15, 0.2) is 0 Å². The number of nitrogens with zero attached hydrogens (tertiary/aromatic N) is 3. The Morgan fingerprint density at radius 2 is 2.19 bits per heavy atom. The van der Waals surface area contributed by atoms with Crippen molar-refractivity contribution in [3.63, 3.8) is 0 Å². The minimum absolute atomic E-state index is 0.144. The molecule has 1 aromatic carbocycles. The van der Waals surface area contributed by atoms with Crippen molar-refractivity contribution in [1.29, 1.82) is 0 Å². The van der Waals surface area contributed by atoms with E-state index in [4.69, 9.17) is 10.5 Å². The van der Waals surface area contributed by atoms with Gasteiger partial charge < -0.3 is 10.5 Å². The number of hydrogen-bond acceptors (Lipinski definition) is 4. The van der Waals surface area contributed by atoms with Crippen LogP contribution in [0.2, 0.25) is 0 Å². The Balaban J connectivity index is 2.10. The lowest BCUT2D eigenvalue weighted by molar-refractivity contribution is 0.211. The van der Waals surface area contributed by atoms with Crippen molar-refractivity contribution in [3.05, 3.63) is 47.1 Å². The fourth-order valence-electron chi connectivity index (χ4n) is 1.87. The molecule has 21 heavy (non-hydrogen) atoms. The van der Waals surface area contributed by atoms with Crippen molar-refractivity contribution in [3.8, 4) is 17.0 Å². The molecule has 8 heteroatoms. The van der Waals surface area contributed by atoms with E-state index in [1.54, 1.807) is 23.0 Å². The first-order chi connectivity index (χ1) is 10.0. The predicted octanol–water partition coefficient (Wildman–Crippen LogP) is 2.76. The molecule has 6 nitrogen and oxygen atoms in total. The summed E-state index contributed by atoms with van der Waals surface area (Å²) < 4.78 is 21.1. The molecule has 2 N–H and O–H groups in total. The third kappa shape index (κ3) is 2.70. The third-order valence-corrected chi connectivity index (χ3v) is 3.12. The first kappa shape index (κ1) is 13.5. The van der Waals surface area contributed by atoms with Gasteiger partial charge in [0.25, 0.3) is 0 Å². The van der Waals surface area contributed by atoms with Crippen LogP contribution in [0, 0.1) is 5.82 Å². The van der Waals surface area contributed by atoms with Gasteiger partial charge in [-0.1, -0.05) is 0 Å². The van der Waals surface area contributed by atoms with Crippen LogP contribution >= 0.6 is 15.9 Å². The Morgan fingerprint density at radius 1 is 1.38 bits per heavy atom. The molecule has 0 spiro atoms. The van der Waals surface area contributed by atoms with Crippen molar-refractivity contribution in [1.82, 2.24) is 14.4 Å². The smallest absolute Gasteiger partial charge is 0.409 e. The van der Waals surface area contributed by atoms with Gasteiger partial charge in [0, 0.05) is 24.2 Å². The molecule has 3 rings (SSSR count). The summed E-state index contributed by atoms with van der Waals surface area (Å²) in [4.78, 5) is 19.1. The number of ether oxygens (including phenoxy) is 1. The third-order valence-electron chi connectivity index (χ3n) is 2.71. The maximum atomic E-state index is 13.9. The minimum atomic E-state index is -0.965. The van der Waals surface area contributed by atoms with E-state index < -0.39 is 11.9 Å². The van der Waals surface area contributed by atoms with Gasteiger partial charge in [-0.3, -0.25) is 4.40 Å². The Bertz CT molecular complexity index is 849. The highest BCUT2D eigenvalue weighted by Crippen LogP contribution is 2.27. The standard InChI is InChI=1S/C13H8BrFN4O2/c14-7-4-17-13-18-11(6-19(13)5-7)9-3-8(21-12(16)20)1-2-10(9)15/h1-6H,(H2,16,20). The molecule has 0 radical (unpaired) electrons. The number of benzene rings is 1. The first-order valence-electron chi connectivity index (χ1n) is 5.80. The van der Waals surface area contributed by atoms with Crippen LogP contribution in [-0.2, 0) is 0 Å². The number of nitrogens with two attached hydrogens (primary N) is 1. The molecule has 0 saturated heterocycles. The summed E-state index contributed by atoms with van der Waals surface area (Å²) in [6.45, 7) is 0. The number of hydrogen-bond donors (Lipinski definition) is 1. The van der Waals surface area contributed by atoms with Gasteiger partial charge in [-0.25, -0.2) is 19.2 Å². The highest BCUT2D eigenvalue weighted by molar-refractivity contribution is 9.10. The molecule has 0 unspecified atom stereocenters. The number of fused-ring (bicyclic) bond motifs is 1. The molecule has 2 aromatic heterocycles. The molecule has 0 aliphatic rings. The van der Waals surface area contributed by atoms with Crippen LogP contribution in [0.5, 0.6) is 5.75 Å². The summed E-state index contributed by atoms with van der Waals surface area (Å²) in [5.41, 5.74) is 5.50. The van der Waals surface area contributed by atoms with E-state index in [2.05, 4.69) is 25.9 Å². The fourth-order valence-corrected chi connectivity index (χ4v) is 2.19. The maximum Gasteiger partial charge on any atom is 0.409 e. The molecule has 0 bridgehead atoms. The molecule has 0 aliphatic carbocycles. The topological polar surface area (TPSA) is 82.5 Å². The molecular formula is C13H8BrFN4O2. The average Bonchev–Trinajstić information content (AvgIpc) is 2.83. The van der Waals surface area contributed by atoms with E-state index in [1.165, 1.54) is 18.2 Å². The summed E-state index contributed by atoms with van der Waals surface area (Å²) >= 11 is 3.29. The molecule has 106 valence electrons. The highest BCUT2D eigenvalue weighted by atomic mass is 79.9. The quantitative estimate of drug-likeness (QED) is 0.770. The summed E-state index contributed by atoms with van der Waals surface area (Å²) in [5.74, 6) is 0.0770. The van der Waals surface area contributed by atoms with Crippen LogP contribution in [-0.4, -0.2) is 20.5 Å². The van der Waals surface area contributed by atoms with Gasteiger partial charge in [-0.2, -0.15) is 0 Å². The van der Waals surface area contributed by atoms with Crippen LogP contribution in [0.25, 0.3) is 17.0 Å². The van der Waals surface area contributed by atoms with E-state index >= 15 is 0 Å². The summed E-state index contributed by atoms with van der Waals surface area (Å²) in [7, 11) is 0. The second kappa shape index (κ2) is 5.13. The lowest BCUT2D eigenvalue weighted by Gasteiger charge is -2.03. The van der Waals surface area contributed by atoms with Gasteiger partial charge in [-0.15, -0.1) is 0 Å². The Morgan fingerprint density at radius 3 is 2.95 bits per heavy atom. The molecule has 1 amide bonds. The zero-order valence-electron chi connectivity index (χ0n) is 10.5. The van der Waals surface area contributed by atoms with E-state index in [-0.39, 0.29) is 11.3 Å². The number of aromatic nitrogens is 3. The number of primary amides is 1. The molecule has 0 aliphatic heterocycles. The van der Waals surface area contributed by atoms with Gasteiger partial charge in [-0.05, 0) is 34.1 Å². The van der Waals surface area contributed by atoms with Crippen LogP contribution < -0.4 is 10.5 Å². The van der Waals surface area contributed by atoms with Crippen molar-refractivity contribution >= 4 is 27.8 Å². The zero-order valence-corrected chi connectivity index (χ0v) is 12.0. The molecule has 0 saturated carbocycles. The van der Waals surface area contributed by atoms with Gasteiger partial charge in [0.05, 0.1) is 10.2 Å². The number of rotatable bonds is 2. The van der Waals surface area contributed by atoms with E-state index in [0.717, 1.165) is 4.47 Å². The highest BCUT2D eigenvalue weighted by Gasteiger charge is 2.12. The number of carbonyl (C=O) groups is 1. The van der Waals surface area contributed by atoms with Crippen molar-refractivity contribution < 1.29 is 13.9 Å². The first-order valence-corrected chi connectivity index (χ1v) is 6.60. The molecular weight excluding hydrogens is 343 g/mol. The summed E-state index contributed by atoms with van der Waals surface area (Å²) in [6, 6.07) is 3.85. The molecule has 0 atom stereocenters. The lowest BCUT2D eigenvalue weighted by atomic mass is 10.1. The fraction of sp³-hybridized carbons (Fsp3) is 0. The number of imidazole rings is 1. The van der Waals surface area contributed by atoms with Gasteiger partial charge in [0.1, 0.15) is 11.6 Å². The van der Waals surface area contributed by atoms with Crippen molar-refractivity contribution in [2.24, 2.45) is 5.73 Å². The normalized spacial score (nSPS) is 10.8. The summed E-state index contributed by atoms with van der Waals surface area (Å²) in [6.07, 6.45) is 4.00.